The van der Waals surface area contributed by atoms with E-state index in [9.17, 15) is 4.79 Å². The van der Waals surface area contributed by atoms with Gasteiger partial charge >= 0.3 is 0 Å². The van der Waals surface area contributed by atoms with Gasteiger partial charge in [-0.15, -0.1) is 0 Å². The van der Waals surface area contributed by atoms with Crippen LogP contribution in [-0.2, 0) is 4.79 Å². The van der Waals surface area contributed by atoms with Gasteiger partial charge in [0, 0.05) is 25.0 Å². The lowest BCUT2D eigenvalue weighted by Gasteiger charge is -2.36. The second-order valence-corrected chi connectivity index (χ2v) is 7.20. The Balaban J connectivity index is 2.40. The Labute approximate surface area is 125 Å². The van der Waals surface area contributed by atoms with Gasteiger partial charge in [0.15, 0.2) is 0 Å². The van der Waals surface area contributed by atoms with Gasteiger partial charge in [-0.05, 0) is 51.6 Å². The standard InChI is InChI=1S/C17H34N2O/c1-13(2)16-7-9-18(10-8-16)11-12-19(15(5)6)17(20)14(3)4/h13-16H,7-12H2,1-6H3. The molecule has 0 aromatic heterocycles. The van der Waals surface area contributed by atoms with E-state index in [-0.39, 0.29) is 11.8 Å². The van der Waals surface area contributed by atoms with Crippen LogP contribution in [0, 0.1) is 17.8 Å². The SMILES string of the molecule is CC(C)C(=O)N(CCN1CCC(C(C)C)CC1)C(C)C. The van der Waals surface area contributed by atoms with E-state index >= 15 is 0 Å². The van der Waals surface area contributed by atoms with Crippen molar-refractivity contribution in [2.75, 3.05) is 26.2 Å². The minimum absolute atomic E-state index is 0.101. The minimum Gasteiger partial charge on any atom is -0.339 e. The molecule has 0 saturated carbocycles. The summed E-state index contributed by atoms with van der Waals surface area (Å²) in [6, 6.07) is 0.304. The van der Waals surface area contributed by atoms with E-state index in [1.807, 2.05) is 18.7 Å². The van der Waals surface area contributed by atoms with Gasteiger partial charge in [-0.3, -0.25) is 4.79 Å². The molecule has 0 atom stereocenters. The van der Waals surface area contributed by atoms with Crippen LogP contribution in [-0.4, -0.2) is 47.9 Å². The van der Waals surface area contributed by atoms with Crippen LogP contribution in [0.5, 0.6) is 0 Å². The van der Waals surface area contributed by atoms with Crippen molar-refractivity contribution in [3.8, 4) is 0 Å². The molecule has 1 aliphatic rings. The second-order valence-electron chi connectivity index (χ2n) is 7.20. The van der Waals surface area contributed by atoms with Crippen molar-refractivity contribution >= 4 is 5.91 Å². The van der Waals surface area contributed by atoms with E-state index in [4.69, 9.17) is 0 Å². The number of hydrogen-bond donors (Lipinski definition) is 0. The summed E-state index contributed by atoms with van der Waals surface area (Å²) in [4.78, 5) is 16.8. The van der Waals surface area contributed by atoms with Crippen molar-refractivity contribution in [3.05, 3.63) is 0 Å². The molecule has 0 bridgehead atoms. The zero-order chi connectivity index (χ0) is 15.3. The van der Waals surface area contributed by atoms with Gasteiger partial charge < -0.3 is 9.80 Å². The van der Waals surface area contributed by atoms with E-state index in [2.05, 4.69) is 32.6 Å². The van der Waals surface area contributed by atoms with Gasteiger partial charge in [0.05, 0.1) is 0 Å². The maximum Gasteiger partial charge on any atom is 0.225 e. The summed E-state index contributed by atoms with van der Waals surface area (Å²) in [6.45, 7) is 17.2. The Hall–Kier alpha value is -0.570. The molecule has 1 fully saturated rings. The van der Waals surface area contributed by atoms with Crippen LogP contribution in [0.25, 0.3) is 0 Å². The third-order valence-corrected chi connectivity index (χ3v) is 4.63. The molecular formula is C17H34N2O. The fourth-order valence-electron chi connectivity index (χ4n) is 3.05. The van der Waals surface area contributed by atoms with Crippen molar-refractivity contribution < 1.29 is 4.79 Å². The molecule has 0 aliphatic carbocycles. The number of piperidine rings is 1. The Kier molecular flexibility index (Phi) is 7.01. The van der Waals surface area contributed by atoms with E-state index in [1.54, 1.807) is 0 Å². The summed E-state index contributed by atoms with van der Waals surface area (Å²) in [7, 11) is 0. The molecule has 0 aromatic rings. The van der Waals surface area contributed by atoms with Crippen LogP contribution >= 0.6 is 0 Å². The molecular weight excluding hydrogens is 248 g/mol. The summed E-state index contributed by atoms with van der Waals surface area (Å²) in [5.41, 5.74) is 0. The molecule has 0 aromatic carbocycles. The third kappa shape index (κ3) is 5.08. The molecule has 0 unspecified atom stereocenters. The van der Waals surface area contributed by atoms with Gasteiger partial charge in [0.2, 0.25) is 5.91 Å². The average Bonchev–Trinajstić information content (AvgIpc) is 2.38. The topological polar surface area (TPSA) is 23.6 Å². The molecule has 0 radical (unpaired) electrons. The Bertz CT molecular complexity index is 291. The third-order valence-electron chi connectivity index (χ3n) is 4.63. The predicted molar refractivity (Wildman–Crippen MR) is 85.7 cm³/mol. The zero-order valence-electron chi connectivity index (χ0n) is 14.4. The van der Waals surface area contributed by atoms with Gasteiger partial charge in [0.1, 0.15) is 0 Å². The molecule has 1 rings (SSSR count). The second kappa shape index (κ2) is 8.02. The highest BCUT2D eigenvalue weighted by atomic mass is 16.2. The Morgan fingerprint density at radius 3 is 2.05 bits per heavy atom. The van der Waals surface area contributed by atoms with Gasteiger partial charge in [0.25, 0.3) is 0 Å². The lowest BCUT2D eigenvalue weighted by molar-refractivity contribution is -0.136. The highest BCUT2D eigenvalue weighted by Crippen LogP contribution is 2.24. The first-order chi connectivity index (χ1) is 9.32. The number of hydrogen-bond acceptors (Lipinski definition) is 2. The Morgan fingerprint density at radius 2 is 1.65 bits per heavy atom. The van der Waals surface area contributed by atoms with Crippen LogP contribution in [0.15, 0.2) is 0 Å². The van der Waals surface area contributed by atoms with Crippen molar-refractivity contribution in [2.24, 2.45) is 17.8 Å². The summed E-state index contributed by atoms with van der Waals surface area (Å²) in [6.07, 6.45) is 2.63. The van der Waals surface area contributed by atoms with Gasteiger partial charge in [-0.1, -0.05) is 27.7 Å². The number of likely N-dealkylation sites (tertiary alicyclic amines) is 1. The smallest absolute Gasteiger partial charge is 0.225 e. The normalized spacial score (nSPS) is 18.2. The van der Waals surface area contributed by atoms with Crippen LogP contribution in [0.4, 0.5) is 0 Å². The van der Waals surface area contributed by atoms with E-state index in [0.29, 0.717) is 6.04 Å². The number of amides is 1. The van der Waals surface area contributed by atoms with Crippen molar-refractivity contribution in [3.63, 3.8) is 0 Å². The molecule has 1 heterocycles. The first kappa shape index (κ1) is 17.5. The molecule has 118 valence electrons. The van der Waals surface area contributed by atoms with Crippen LogP contribution < -0.4 is 0 Å². The quantitative estimate of drug-likeness (QED) is 0.746. The summed E-state index contributed by atoms with van der Waals surface area (Å²) < 4.78 is 0. The molecule has 3 nitrogen and oxygen atoms in total. The maximum atomic E-state index is 12.2. The number of carbonyl (C=O) groups excluding carboxylic acids is 1. The molecule has 0 spiro atoms. The van der Waals surface area contributed by atoms with Gasteiger partial charge in [-0.25, -0.2) is 0 Å². The van der Waals surface area contributed by atoms with E-state index in [1.165, 1.54) is 25.9 Å². The molecule has 20 heavy (non-hydrogen) atoms. The van der Waals surface area contributed by atoms with Crippen molar-refractivity contribution in [1.29, 1.82) is 0 Å². The first-order valence-corrected chi connectivity index (χ1v) is 8.35. The molecule has 0 N–H and O–H groups in total. The zero-order valence-corrected chi connectivity index (χ0v) is 14.4. The maximum absolute atomic E-state index is 12.2. The largest absolute Gasteiger partial charge is 0.339 e. The predicted octanol–water partition coefficient (Wildman–Crippen LogP) is 3.25. The van der Waals surface area contributed by atoms with Crippen LogP contribution in [0.1, 0.15) is 54.4 Å². The minimum atomic E-state index is 0.101. The summed E-state index contributed by atoms with van der Waals surface area (Å²) in [5, 5.41) is 0. The van der Waals surface area contributed by atoms with E-state index < -0.39 is 0 Å². The summed E-state index contributed by atoms with van der Waals surface area (Å²) in [5.74, 6) is 2.10. The molecule has 3 heteroatoms. The van der Waals surface area contributed by atoms with Crippen molar-refractivity contribution in [1.82, 2.24) is 9.80 Å². The van der Waals surface area contributed by atoms with E-state index in [0.717, 1.165) is 24.9 Å². The molecule has 1 saturated heterocycles. The van der Waals surface area contributed by atoms with Crippen molar-refractivity contribution in [2.45, 2.75) is 60.4 Å². The Morgan fingerprint density at radius 1 is 1.10 bits per heavy atom. The highest BCUT2D eigenvalue weighted by molar-refractivity contribution is 5.78. The first-order valence-electron chi connectivity index (χ1n) is 8.35. The molecule has 1 aliphatic heterocycles. The lowest BCUT2D eigenvalue weighted by atomic mass is 9.87. The van der Waals surface area contributed by atoms with Crippen LogP contribution in [0.2, 0.25) is 0 Å². The van der Waals surface area contributed by atoms with Gasteiger partial charge in [-0.2, -0.15) is 0 Å². The van der Waals surface area contributed by atoms with Crippen LogP contribution in [0.3, 0.4) is 0 Å². The number of carbonyl (C=O) groups is 1. The fraction of sp³-hybridized carbons (Fsp3) is 0.941. The monoisotopic (exact) mass is 282 g/mol. The number of nitrogens with zero attached hydrogens (tertiary/aromatic N) is 2. The summed E-state index contributed by atoms with van der Waals surface area (Å²) >= 11 is 0. The number of rotatable bonds is 6. The lowest BCUT2D eigenvalue weighted by Crippen LogP contribution is -2.46. The average molecular weight is 282 g/mol. The fourth-order valence-corrected chi connectivity index (χ4v) is 3.05. The highest BCUT2D eigenvalue weighted by Gasteiger charge is 2.24. The molecule has 1 amide bonds.